The second-order valence-electron chi connectivity index (χ2n) is 4.62. The van der Waals surface area contributed by atoms with E-state index in [1.807, 2.05) is 0 Å². The molecule has 0 spiro atoms. The molecule has 0 fully saturated rings. The smallest absolute Gasteiger partial charge is 0.220 e. The Hall–Kier alpha value is -1.35. The first kappa shape index (κ1) is 14.7. The summed E-state index contributed by atoms with van der Waals surface area (Å²) < 4.78 is 0. The third-order valence-electron chi connectivity index (χ3n) is 2.92. The average Bonchev–Trinajstić information content (AvgIpc) is 2.38. The van der Waals surface area contributed by atoms with E-state index in [4.69, 9.17) is 5.11 Å². The SMILES string of the molecule is Cc1ccc(CCC(=O)NCCCCCO)cc1. The Morgan fingerprint density at radius 3 is 2.56 bits per heavy atom. The van der Waals surface area contributed by atoms with Crippen LogP contribution < -0.4 is 5.32 Å². The van der Waals surface area contributed by atoms with Crippen LogP contribution in [-0.4, -0.2) is 24.2 Å². The van der Waals surface area contributed by atoms with E-state index in [2.05, 4.69) is 36.5 Å². The van der Waals surface area contributed by atoms with E-state index < -0.39 is 0 Å². The van der Waals surface area contributed by atoms with Crippen LogP contribution in [0.1, 0.15) is 36.8 Å². The lowest BCUT2D eigenvalue weighted by Gasteiger charge is -2.05. The largest absolute Gasteiger partial charge is 0.396 e. The molecule has 1 rings (SSSR count). The number of carbonyl (C=O) groups is 1. The highest BCUT2D eigenvalue weighted by atomic mass is 16.2. The first-order valence-corrected chi connectivity index (χ1v) is 6.65. The van der Waals surface area contributed by atoms with Gasteiger partial charge in [-0.1, -0.05) is 29.8 Å². The van der Waals surface area contributed by atoms with Gasteiger partial charge in [0.15, 0.2) is 0 Å². The second-order valence-corrected chi connectivity index (χ2v) is 4.62. The highest BCUT2D eigenvalue weighted by Gasteiger charge is 2.01. The zero-order valence-electron chi connectivity index (χ0n) is 11.1. The maximum atomic E-state index is 11.6. The minimum absolute atomic E-state index is 0.111. The van der Waals surface area contributed by atoms with Gasteiger partial charge in [-0.2, -0.15) is 0 Å². The van der Waals surface area contributed by atoms with Gasteiger partial charge in [-0.15, -0.1) is 0 Å². The number of hydrogen-bond donors (Lipinski definition) is 2. The first-order chi connectivity index (χ1) is 8.72. The van der Waals surface area contributed by atoms with Crippen molar-refractivity contribution in [2.24, 2.45) is 0 Å². The predicted molar refractivity (Wildman–Crippen MR) is 73.4 cm³/mol. The summed E-state index contributed by atoms with van der Waals surface area (Å²) >= 11 is 0. The van der Waals surface area contributed by atoms with Crippen molar-refractivity contribution in [2.75, 3.05) is 13.2 Å². The molecule has 3 heteroatoms. The van der Waals surface area contributed by atoms with Gasteiger partial charge in [0, 0.05) is 19.6 Å². The standard InChI is InChI=1S/C15H23NO2/c1-13-5-7-14(8-6-13)9-10-15(18)16-11-3-2-4-12-17/h5-8,17H,2-4,9-12H2,1H3,(H,16,18). The quantitative estimate of drug-likeness (QED) is 0.694. The molecule has 0 aromatic heterocycles. The van der Waals surface area contributed by atoms with Crippen LogP contribution in [0, 0.1) is 6.92 Å². The number of aliphatic hydroxyl groups excluding tert-OH is 1. The van der Waals surface area contributed by atoms with Gasteiger partial charge in [-0.25, -0.2) is 0 Å². The molecule has 1 aromatic rings. The molecule has 0 radical (unpaired) electrons. The number of nitrogens with one attached hydrogen (secondary N) is 1. The fourth-order valence-corrected chi connectivity index (χ4v) is 1.74. The lowest BCUT2D eigenvalue weighted by atomic mass is 10.1. The third-order valence-corrected chi connectivity index (χ3v) is 2.92. The summed E-state index contributed by atoms with van der Waals surface area (Å²) in [6.45, 7) is 3.01. The lowest BCUT2D eigenvalue weighted by molar-refractivity contribution is -0.121. The lowest BCUT2D eigenvalue weighted by Crippen LogP contribution is -2.24. The Labute approximate surface area is 109 Å². The van der Waals surface area contributed by atoms with Crippen LogP contribution in [0.25, 0.3) is 0 Å². The normalized spacial score (nSPS) is 10.3. The molecule has 0 aliphatic carbocycles. The van der Waals surface area contributed by atoms with Crippen molar-refractivity contribution in [2.45, 2.75) is 39.0 Å². The molecular formula is C15H23NO2. The van der Waals surface area contributed by atoms with Crippen LogP contribution in [0.2, 0.25) is 0 Å². The molecular weight excluding hydrogens is 226 g/mol. The number of hydrogen-bond acceptors (Lipinski definition) is 2. The van der Waals surface area contributed by atoms with Gasteiger partial charge in [0.25, 0.3) is 0 Å². The molecule has 100 valence electrons. The van der Waals surface area contributed by atoms with Crippen molar-refractivity contribution in [1.29, 1.82) is 0 Å². The first-order valence-electron chi connectivity index (χ1n) is 6.65. The van der Waals surface area contributed by atoms with Crippen molar-refractivity contribution in [3.63, 3.8) is 0 Å². The van der Waals surface area contributed by atoms with E-state index in [0.717, 1.165) is 25.7 Å². The van der Waals surface area contributed by atoms with Crippen molar-refractivity contribution in [1.82, 2.24) is 5.32 Å². The van der Waals surface area contributed by atoms with E-state index in [9.17, 15) is 4.79 Å². The van der Waals surface area contributed by atoms with Gasteiger partial charge in [0.1, 0.15) is 0 Å². The minimum atomic E-state index is 0.111. The van der Waals surface area contributed by atoms with Gasteiger partial charge in [-0.05, 0) is 38.2 Å². The second kappa shape index (κ2) is 8.70. The van der Waals surface area contributed by atoms with Crippen LogP contribution in [0.3, 0.4) is 0 Å². The molecule has 1 aromatic carbocycles. The molecule has 0 atom stereocenters. The molecule has 0 heterocycles. The Bertz CT molecular complexity index is 346. The van der Waals surface area contributed by atoms with Crippen LogP contribution in [0.4, 0.5) is 0 Å². The summed E-state index contributed by atoms with van der Waals surface area (Å²) in [6, 6.07) is 8.29. The molecule has 0 saturated heterocycles. The Morgan fingerprint density at radius 2 is 1.89 bits per heavy atom. The molecule has 0 aliphatic rings. The number of amides is 1. The zero-order chi connectivity index (χ0) is 13.2. The van der Waals surface area contributed by atoms with E-state index in [0.29, 0.717) is 13.0 Å². The minimum Gasteiger partial charge on any atom is -0.396 e. The van der Waals surface area contributed by atoms with Crippen molar-refractivity contribution >= 4 is 5.91 Å². The maximum absolute atomic E-state index is 11.6. The van der Waals surface area contributed by atoms with Gasteiger partial charge in [0.2, 0.25) is 5.91 Å². The zero-order valence-corrected chi connectivity index (χ0v) is 11.1. The number of rotatable bonds is 8. The summed E-state index contributed by atoms with van der Waals surface area (Å²) in [5.41, 5.74) is 2.45. The van der Waals surface area contributed by atoms with Gasteiger partial charge < -0.3 is 10.4 Å². The molecule has 0 aliphatic heterocycles. The number of aliphatic hydroxyl groups is 1. The molecule has 2 N–H and O–H groups in total. The van der Waals surface area contributed by atoms with E-state index >= 15 is 0 Å². The van der Waals surface area contributed by atoms with Crippen molar-refractivity contribution in [3.05, 3.63) is 35.4 Å². The van der Waals surface area contributed by atoms with E-state index in [1.54, 1.807) is 0 Å². The summed E-state index contributed by atoms with van der Waals surface area (Å²) in [5, 5.41) is 11.5. The number of benzene rings is 1. The fraction of sp³-hybridized carbons (Fsp3) is 0.533. The average molecular weight is 249 g/mol. The molecule has 18 heavy (non-hydrogen) atoms. The van der Waals surface area contributed by atoms with Crippen LogP contribution >= 0.6 is 0 Å². The van der Waals surface area contributed by atoms with Gasteiger partial charge in [-0.3, -0.25) is 4.79 Å². The van der Waals surface area contributed by atoms with Gasteiger partial charge in [0.05, 0.1) is 0 Å². The highest BCUT2D eigenvalue weighted by molar-refractivity contribution is 5.76. The van der Waals surface area contributed by atoms with Gasteiger partial charge >= 0.3 is 0 Å². The summed E-state index contributed by atoms with van der Waals surface area (Å²) in [7, 11) is 0. The monoisotopic (exact) mass is 249 g/mol. The third kappa shape index (κ3) is 6.40. The van der Waals surface area contributed by atoms with Crippen molar-refractivity contribution in [3.8, 4) is 0 Å². The van der Waals surface area contributed by atoms with E-state index in [1.165, 1.54) is 11.1 Å². The molecule has 0 unspecified atom stereocenters. The molecule has 1 amide bonds. The van der Waals surface area contributed by atoms with Crippen LogP contribution in [0.5, 0.6) is 0 Å². The summed E-state index contributed by atoms with van der Waals surface area (Å²) in [6.07, 6.45) is 4.07. The number of unbranched alkanes of at least 4 members (excludes halogenated alkanes) is 2. The summed E-state index contributed by atoms with van der Waals surface area (Å²) in [5.74, 6) is 0.111. The highest BCUT2D eigenvalue weighted by Crippen LogP contribution is 2.05. The Morgan fingerprint density at radius 1 is 1.17 bits per heavy atom. The van der Waals surface area contributed by atoms with Crippen molar-refractivity contribution < 1.29 is 9.90 Å². The maximum Gasteiger partial charge on any atom is 0.220 e. The topological polar surface area (TPSA) is 49.3 Å². The Balaban J connectivity index is 2.11. The number of carbonyl (C=O) groups excluding carboxylic acids is 1. The van der Waals surface area contributed by atoms with E-state index in [-0.39, 0.29) is 12.5 Å². The molecule has 0 bridgehead atoms. The number of aryl methyl sites for hydroxylation is 2. The fourth-order valence-electron chi connectivity index (χ4n) is 1.74. The van der Waals surface area contributed by atoms with Crippen LogP contribution in [-0.2, 0) is 11.2 Å². The predicted octanol–water partition coefficient (Wildman–Crippen LogP) is 2.21. The molecule has 3 nitrogen and oxygen atoms in total. The summed E-state index contributed by atoms with van der Waals surface area (Å²) in [4.78, 5) is 11.6. The molecule has 0 saturated carbocycles. The van der Waals surface area contributed by atoms with Crippen LogP contribution in [0.15, 0.2) is 24.3 Å². The Kier molecular flexibility index (Phi) is 7.11.